The number of benzene rings is 1. The molecule has 0 unspecified atom stereocenters. The molecule has 2 amide bonds. The van der Waals surface area contributed by atoms with Crippen LogP contribution in [0.3, 0.4) is 0 Å². The van der Waals surface area contributed by atoms with E-state index in [1.54, 1.807) is 7.11 Å². The predicted molar refractivity (Wildman–Crippen MR) is 97.8 cm³/mol. The zero-order chi connectivity index (χ0) is 19.3. The van der Waals surface area contributed by atoms with Crippen LogP contribution < -0.4 is 4.74 Å². The van der Waals surface area contributed by atoms with Crippen LogP contribution in [0.15, 0.2) is 24.3 Å². The highest BCUT2D eigenvalue weighted by Gasteiger charge is 2.42. The van der Waals surface area contributed by atoms with Gasteiger partial charge in [0.25, 0.3) is 5.91 Å². The van der Waals surface area contributed by atoms with Crippen molar-refractivity contribution in [2.75, 3.05) is 46.5 Å². The quantitative estimate of drug-likeness (QED) is 0.761. The Kier molecular flexibility index (Phi) is 6.31. The molecule has 2 fully saturated rings. The van der Waals surface area contributed by atoms with Gasteiger partial charge in [0.1, 0.15) is 11.6 Å². The van der Waals surface area contributed by atoms with Gasteiger partial charge in [0.2, 0.25) is 5.91 Å². The summed E-state index contributed by atoms with van der Waals surface area (Å²) in [4.78, 5) is 28.5. The molecule has 6 nitrogen and oxygen atoms in total. The van der Waals surface area contributed by atoms with Crippen LogP contribution in [-0.2, 0) is 14.3 Å². The van der Waals surface area contributed by atoms with Crippen LogP contribution in [0.25, 0.3) is 0 Å². The SMILES string of the molecule is COCCN1C[C@@]2(CCCN(C(=O)COc3ccc(F)cc3)C2)CCC1=O. The van der Waals surface area contributed by atoms with Crippen LogP contribution in [0.5, 0.6) is 5.75 Å². The second kappa shape index (κ2) is 8.69. The molecular formula is C20H27FN2O4. The number of ether oxygens (including phenoxy) is 2. The Labute approximate surface area is 159 Å². The van der Waals surface area contributed by atoms with Gasteiger partial charge in [-0.05, 0) is 43.5 Å². The molecule has 27 heavy (non-hydrogen) atoms. The molecule has 1 spiro atoms. The number of hydrogen-bond acceptors (Lipinski definition) is 4. The molecule has 2 heterocycles. The first-order valence-corrected chi connectivity index (χ1v) is 9.44. The summed E-state index contributed by atoms with van der Waals surface area (Å²) in [7, 11) is 1.63. The van der Waals surface area contributed by atoms with E-state index in [2.05, 4.69) is 0 Å². The van der Waals surface area contributed by atoms with Gasteiger partial charge in [-0.25, -0.2) is 4.39 Å². The maximum Gasteiger partial charge on any atom is 0.260 e. The number of likely N-dealkylation sites (tertiary alicyclic amines) is 2. The minimum atomic E-state index is -0.337. The summed E-state index contributed by atoms with van der Waals surface area (Å²) in [6, 6.07) is 5.65. The van der Waals surface area contributed by atoms with E-state index in [4.69, 9.17) is 9.47 Å². The standard InChI is InChI=1S/C20H27FN2O4/c1-26-12-11-23-15-20(9-7-18(23)24)8-2-10-22(14-20)19(25)13-27-17-5-3-16(21)4-6-17/h3-6H,2,7-15H2,1H3/t20-/m0/s1. The number of carbonyl (C=O) groups excluding carboxylic acids is 2. The second-order valence-corrected chi connectivity index (χ2v) is 7.47. The van der Waals surface area contributed by atoms with E-state index in [-0.39, 0.29) is 29.7 Å². The van der Waals surface area contributed by atoms with Crippen LogP contribution >= 0.6 is 0 Å². The fourth-order valence-electron chi connectivity index (χ4n) is 4.03. The van der Waals surface area contributed by atoms with E-state index in [0.29, 0.717) is 45.0 Å². The molecule has 0 bridgehead atoms. The Morgan fingerprint density at radius 2 is 2.00 bits per heavy atom. The second-order valence-electron chi connectivity index (χ2n) is 7.47. The monoisotopic (exact) mass is 378 g/mol. The van der Waals surface area contributed by atoms with Crippen molar-refractivity contribution in [2.24, 2.45) is 5.41 Å². The minimum Gasteiger partial charge on any atom is -0.484 e. The van der Waals surface area contributed by atoms with E-state index < -0.39 is 0 Å². The average molecular weight is 378 g/mol. The molecule has 3 rings (SSSR count). The zero-order valence-corrected chi connectivity index (χ0v) is 15.8. The number of nitrogens with zero attached hydrogens (tertiary/aromatic N) is 2. The number of methoxy groups -OCH3 is 1. The first-order valence-electron chi connectivity index (χ1n) is 9.44. The Morgan fingerprint density at radius 3 is 2.74 bits per heavy atom. The smallest absolute Gasteiger partial charge is 0.260 e. The highest BCUT2D eigenvalue weighted by atomic mass is 19.1. The Bertz CT molecular complexity index is 666. The molecule has 0 N–H and O–H groups in total. The molecule has 2 aliphatic heterocycles. The molecule has 0 aromatic heterocycles. The molecule has 2 saturated heterocycles. The van der Waals surface area contributed by atoms with Crippen LogP contribution in [-0.4, -0.2) is 68.1 Å². The first kappa shape index (κ1) is 19.6. The maximum absolute atomic E-state index is 12.9. The van der Waals surface area contributed by atoms with Crippen molar-refractivity contribution < 1.29 is 23.5 Å². The van der Waals surface area contributed by atoms with E-state index in [0.717, 1.165) is 19.3 Å². The van der Waals surface area contributed by atoms with Crippen molar-refractivity contribution in [3.05, 3.63) is 30.1 Å². The summed E-state index contributed by atoms with van der Waals surface area (Å²) in [6.45, 7) is 3.09. The average Bonchev–Trinajstić information content (AvgIpc) is 2.68. The summed E-state index contributed by atoms with van der Waals surface area (Å²) in [5.41, 5.74) is -0.0363. The largest absolute Gasteiger partial charge is 0.484 e. The normalized spacial score (nSPS) is 23.0. The third kappa shape index (κ3) is 4.97. The number of hydrogen-bond donors (Lipinski definition) is 0. The van der Waals surface area contributed by atoms with Crippen molar-refractivity contribution in [2.45, 2.75) is 25.7 Å². The first-order chi connectivity index (χ1) is 13.0. The lowest BCUT2D eigenvalue weighted by atomic mass is 9.73. The van der Waals surface area contributed by atoms with Crippen molar-refractivity contribution in [3.63, 3.8) is 0 Å². The lowest BCUT2D eigenvalue weighted by molar-refractivity contribution is -0.144. The summed E-state index contributed by atoms with van der Waals surface area (Å²) >= 11 is 0. The number of amides is 2. The van der Waals surface area contributed by atoms with Crippen molar-refractivity contribution in [1.82, 2.24) is 9.80 Å². The third-order valence-corrected chi connectivity index (χ3v) is 5.50. The van der Waals surface area contributed by atoms with E-state index in [9.17, 15) is 14.0 Å². The molecule has 1 atom stereocenters. The number of rotatable bonds is 6. The summed E-state index contributed by atoms with van der Waals surface area (Å²) in [6.07, 6.45) is 3.29. The lowest BCUT2D eigenvalue weighted by Gasteiger charge is -2.48. The number of piperidine rings is 2. The van der Waals surface area contributed by atoms with Crippen molar-refractivity contribution in [1.29, 1.82) is 0 Å². The molecule has 1 aromatic rings. The van der Waals surface area contributed by atoms with Gasteiger partial charge in [-0.1, -0.05) is 0 Å². The highest BCUT2D eigenvalue weighted by molar-refractivity contribution is 5.79. The van der Waals surface area contributed by atoms with E-state index in [1.165, 1.54) is 24.3 Å². The van der Waals surface area contributed by atoms with Crippen molar-refractivity contribution >= 4 is 11.8 Å². The minimum absolute atomic E-state index is 0.0363. The van der Waals surface area contributed by atoms with Gasteiger partial charge in [0.05, 0.1) is 6.61 Å². The topological polar surface area (TPSA) is 59.1 Å². The molecule has 7 heteroatoms. The van der Waals surface area contributed by atoms with Gasteiger partial charge >= 0.3 is 0 Å². The summed E-state index contributed by atoms with van der Waals surface area (Å²) in [5.74, 6) is 0.238. The van der Waals surface area contributed by atoms with Crippen LogP contribution in [0, 0.1) is 11.2 Å². The third-order valence-electron chi connectivity index (χ3n) is 5.50. The molecule has 0 radical (unpaired) electrons. The Morgan fingerprint density at radius 1 is 1.22 bits per heavy atom. The van der Waals surface area contributed by atoms with Gasteiger partial charge < -0.3 is 19.3 Å². The summed E-state index contributed by atoms with van der Waals surface area (Å²) < 4.78 is 23.6. The Hall–Kier alpha value is -2.15. The summed E-state index contributed by atoms with van der Waals surface area (Å²) in [5, 5.41) is 0. The highest BCUT2D eigenvalue weighted by Crippen LogP contribution is 2.38. The van der Waals surface area contributed by atoms with E-state index >= 15 is 0 Å². The van der Waals surface area contributed by atoms with Gasteiger partial charge in [-0.2, -0.15) is 0 Å². The predicted octanol–water partition coefficient (Wildman–Crippen LogP) is 2.08. The molecular weight excluding hydrogens is 351 g/mol. The van der Waals surface area contributed by atoms with Gasteiger partial charge in [-0.3, -0.25) is 9.59 Å². The fraction of sp³-hybridized carbons (Fsp3) is 0.600. The van der Waals surface area contributed by atoms with Gasteiger partial charge in [-0.15, -0.1) is 0 Å². The number of halogens is 1. The maximum atomic E-state index is 12.9. The van der Waals surface area contributed by atoms with Crippen LogP contribution in [0.1, 0.15) is 25.7 Å². The van der Waals surface area contributed by atoms with Crippen molar-refractivity contribution in [3.8, 4) is 5.75 Å². The molecule has 2 aliphatic rings. The van der Waals surface area contributed by atoms with Gasteiger partial charge in [0, 0.05) is 45.1 Å². The van der Waals surface area contributed by atoms with Crippen LogP contribution in [0.4, 0.5) is 4.39 Å². The zero-order valence-electron chi connectivity index (χ0n) is 15.8. The molecule has 148 valence electrons. The Balaban J connectivity index is 1.57. The van der Waals surface area contributed by atoms with E-state index in [1.807, 2.05) is 9.80 Å². The number of carbonyl (C=O) groups is 2. The lowest BCUT2D eigenvalue weighted by Crippen LogP contribution is -2.56. The van der Waals surface area contributed by atoms with Gasteiger partial charge in [0.15, 0.2) is 6.61 Å². The fourth-order valence-corrected chi connectivity index (χ4v) is 4.03. The molecule has 1 aromatic carbocycles. The van der Waals surface area contributed by atoms with Crippen LogP contribution in [0.2, 0.25) is 0 Å². The molecule has 0 saturated carbocycles. The molecule has 0 aliphatic carbocycles.